The summed E-state index contributed by atoms with van der Waals surface area (Å²) in [5, 5.41) is 10.7. The SMILES string of the molecule is CCSc1nnc(NC(=O)CCCN(c2ccc(F)c(F)c2)S(C)(=O)=O)s1. The summed E-state index contributed by atoms with van der Waals surface area (Å²) >= 11 is 2.77. The largest absolute Gasteiger partial charge is 0.301 e. The summed E-state index contributed by atoms with van der Waals surface area (Å²) in [4.78, 5) is 12.0. The van der Waals surface area contributed by atoms with Crippen molar-refractivity contribution in [2.24, 2.45) is 0 Å². The van der Waals surface area contributed by atoms with E-state index in [9.17, 15) is 22.0 Å². The number of aromatic nitrogens is 2. The van der Waals surface area contributed by atoms with Crippen molar-refractivity contribution < 1.29 is 22.0 Å². The maximum absolute atomic E-state index is 13.4. The van der Waals surface area contributed by atoms with Gasteiger partial charge in [-0.15, -0.1) is 10.2 Å². The molecular formula is C15H18F2N4O3S3. The van der Waals surface area contributed by atoms with Crippen molar-refractivity contribution in [3.8, 4) is 0 Å². The molecule has 1 N–H and O–H groups in total. The summed E-state index contributed by atoms with van der Waals surface area (Å²) in [6, 6.07) is 2.84. The standard InChI is InChI=1S/C15H18F2N4O3S3/c1-3-25-15-20-19-14(26-15)18-13(22)5-4-8-21(27(2,23)24)10-6-7-11(16)12(17)9-10/h6-7,9H,3-5,8H2,1-2H3,(H,18,19,22). The Labute approximate surface area is 164 Å². The normalized spacial score (nSPS) is 11.4. The van der Waals surface area contributed by atoms with E-state index in [1.807, 2.05) is 6.92 Å². The second kappa shape index (κ2) is 9.42. The number of amides is 1. The number of rotatable bonds is 9. The van der Waals surface area contributed by atoms with Crippen molar-refractivity contribution in [1.29, 1.82) is 0 Å². The van der Waals surface area contributed by atoms with Gasteiger partial charge in [0.05, 0.1) is 11.9 Å². The van der Waals surface area contributed by atoms with Crippen molar-refractivity contribution in [1.82, 2.24) is 10.2 Å². The Kier molecular flexibility index (Phi) is 7.50. The number of anilines is 2. The van der Waals surface area contributed by atoms with Crippen LogP contribution in [0.5, 0.6) is 0 Å². The zero-order chi connectivity index (χ0) is 20.0. The molecule has 0 unspecified atom stereocenters. The van der Waals surface area contributed by atoms with Gasteiger partial charge < -0.3 is 5.32 Å². The fourth-order valence-corrected chi connectivity index (χ4v) is 4.76. The minimum absolute atomic E-state index is 0.00200. The first-order valence-corrected chi connectivity index (χ1v) is 11.5. The molecule has 0 atom stereocenters. The van der Waals surface area contributed by atoms with Gasteiger partial charge in [0.2, 0.25) is 21.1 Å². The van der Waals surface area contributed by atoms with Crippen LogP contribution in [0.25, 0.3) is 0 Å². The zero-order valence-corrected chi connectivity index (χ0v) is 17.1. The highest BCUT2D eigenvalue weighted by atomic mass is 32.2. The third kappa shape index (κ3) is 6.40. The molecule has 1 amide bonds. The van der Waals surface area contributed by atoms with Crippen LogP contribution in [0.4, 0.5) is 19.6 Å². The number of thioether (sulfide) groups is 1. The summed E-state index contributed by atoms with van der Waals surface area (Å²) in [7, 11) is -3.72. The number of halogens is 2. The number of benzene rings is 1. The summed E-state index contributed by atoms with van der Waals surface area (Å²) in [5.41, 5.74) is 0.00200. The number of carbonyl (C=O) groups is 1. The zero-order valence-electron chi connectivity index (χ0n) is 14.6. The summed E-state index contributed by atoms with van der Waals surface area (Å²) in [6.07, 6.45) is 1.18. The molecule has 0 saturated heterocycles. The van der Waals surface area contributed by atoms with E-state index >= 15 is 0 Å². The van der Waals surface area contributed by atoms with Gasteiger partial charge in [-0.2, -0.15) is 0 Å². The monoisotopic (exact) mass is 436 g/mol. The molecule has 2 rings (SSSR count). The van der Waals surface area contributed by atoms with Crippen molar-refractivity contribution in [3.63, 3.8) is 0 Å². The van der Waals surface area contributed by atoms with Crippen molar-refractivity contribution in [2.75, 3.05) is 28.2 Å². The predicted octanol–water partition coefficient (Wildman–Crippen LogP) is 3.11. The molecule has 1 heterocycles. The molecule has 0 spiro atoms. The second-order valence-corrected chi connectivity index (χ2v) is 9.79. The van der Waals surface area contributed by atoms with Crippen LogP contribution in [-0.2, 0) is 14.8 Å². The first-order valence-electron chi connectivity index (χ1n) is 7.89. The van der Waals surface area contributed by atoms with Crippen LogP contribution in [0.15, 0.2) is 22.5 Å². The maximum Gasteiger partial charge on any atom is 0.232 e. The van der Waals surface area contributed by atoms with Gasteiger partial charge in [-0.05, 0) is 24.3 Å². The van der Waals surface area contributed by atoms with Crippen molar-refractivity contribution >= 4 is 49.8 Å². The molecule has 0 fully saturated rings. The molecule has 12 heteroatoms. The maximum atomic E-state index is 13.4. The fraction of sp³-hybridized carbons (Fsp3) is 0.400. The molecule has 2 aromatic rings. The fourth-order valence-electron chi connectivity index (χ4n) is 2.13. The summed E-state index contributed by atoms with van der Waals surface area (Å²) in [6.45, 7) is 1.93. The van der Waals surface area contributed by atoms with Crippen molar-refractivity contribution in [3.05, 3.63) is 29.8 Å². The first kappa shape index (κ1) is 21.5. The molecule has 0 aliphatic rings. The number of carbonyl (C=O) groups excluding carboxylic acids is 1. The smallest absolute Gasteiger partial charge is 0.232 e. The van der Waals surface area contributed by atoms with Gasteiger partial charge in [-0.3, -0.25) is 9.10 Å². The lowest BCUT2D eigenvalue weighted by atomic mass is 10.2. The van der Waals surface area contributed by atoms with Crippen LogP contribution in [0.1, 0.15) is 19.8 Å². The molecule has 1 aromatic carbocycles. The third-order valence-corrected chi connectivity index (χ3v) is 6.33. The Morgan fingerprint density at radius 2 is 2.04 bits per heavy atom. The van der Waals surface area contributed by atoms with Crippen LogP contribution in [0.3, 0.4) is 0 Å². The van der Waals surface area contributed by atoms with Gasteiger partial charge in [0.1, 0.15) is 0 Å². The lowest BCUT2D eigenvalue weighted by Gasteiger charge is -2.22. The quantitative estimate of drug-likeness (QED) is 0.480. The highest BCUT2D eigenvalue weighted by Gasteiger charge is 2.19. The molecule has 0 aliphatic carbocycles. The van der Waals surface area contributed by atoms with Crippen molar-refractivity contribution in [2.45, 2.75) is 24.1 Å². The van der Waals surface area contributed by atoms with Crippen LogP contribution >= 0.6 is 23.1 Å². The van der Waals surface area contributed by atoms with Gasteiger partial charge in [0.15, 0.2) is 16.0 Å². The third-order valence-electron chi connectivity index (χ3n) is 3.28. The lowest BCUT2D eigenvalue weighted by molar-refractivity contribution is -0.116. The number of hydrogen-bond donors (Lipinski definition) is 1. The molecule has 0 aliphatic heterocycles. The van der Waals surface area contributed by atoms with E-state index in [2.05, 4.69) is 15.5 Å². The predicted molar refractivity (Wildman–Crippen MR) is 103 cm³/mol. The Hall–Kier alpha value is -1.79. The average Bonchev–Trinajstić information content (AvgIpc) is 3.00. The summed E-state index contributed by atoms with van der Waals surface area (Å²) < 4.78 is 52.0. The molecule has 7 nitrogen and oxygen atoms in total. The molecule has 1 aromatic heterocycles. The minimum atomic E-state index is -3.72. The molecule has 0 saturated carbocycles. The van der Waals surface area contributed by atoms with Gasteiger partial charge in [-0.1, -0.05) is 30.0 Å². The Balaban J connectivity index is 1.94. The van der Waals surface area contributed by atoms with Crippen LogP contribution in [0, 0.1) is 11.6 Å². The number of sulfonamides is 1. The molecule has 0 bridgehead atoms. The Bertz CT molecular complexity index is 905. The minimum Gasteiger partial charge on any atom is -0.301 e. The van der Waals surface area contributed by atoms with E-state index in [1.54, 1.807) is 0 Å². The van der Waals surface area contributed by atoms with Gasteiger partial charge in [-0.25, -0.2) is 17.2 Å². The van der Waals surface area contributed by atoms with E-state index in [0.717, 1.165) is 32.8 Å². The van der Waals surface area contributed by atoms with Crippen LogP contribution < -0.4 is 9.62 Å². The van der Waals surface area contributed by atoms with Gasteiger partial charge in [0.25, 0.3) is 0 Å². The van der Waals surface area contributed by atoms with Crippen LogP contribution in [-0.4, -0.2) is 43.1 Å². The first-order chi connectivity index (χ1) is 12.7. The van der Waals surface area contributed by atoms with Gasteiger partial charge in [0, 0.05) is 19.0 Å². The van der Waals surface area contributed by atoms with E-state index in [-0.39, 0.29) is 31.0 Å². The summed E-state index contributed by atoms with van der Waals surface area (Å²) in [5.74, 6) is -1.70. The van der Waals surface area contributed by atoms with E-state index < -0.39 is 21.7 Å². The molecule has 148 valence electrons. The van der Waals surface area contributed by atoms with Gasteiger partial charge >= 0.3 is 0 Å². The number of hydrogen-bond acceptors (Lipinski definition) is 7. The van der Waals surface area contributed by atoms with E-state index in [1.165, 1.54) is 29.2 Å². The Morgan fingerprint density at radius 3 is 2.67 bits per heavy atom. The average molecular weight is 437 g/mol. The Morgan fingerprint density at radius 1 is 1.30 bits per heavy atom. The number of nitrogens with zero attached hydrogens (tertiary/aromatic N) is 3. The van der Waals surface area contributed by atoms with E-state index in [4.69, 9.17) is 0 Å². The molecular weight excluding hydrogens is 418 g/mol. The lowest BCUT2D eigenvalue weighted by Crippen LogP contribution is -2.31. The van der Waals surface area contributed by atoms with E-state index in [0.29, 0.717) is 5.13 Å². The highest BCUT2D eigenvalue weighted by molar-refractivity contribution is 8.01. The van der Waals surface area contributed by atoms with Crippen LogP contribution in [0.2, 0.25) is 0 Å². The number of nitrogens with one attached hydrogen (secondary N) is 1. The molecule has 27 heavy (non-hydrogen) atoms. The topological polar surface area (TPSA) is 92.3 Å². The molecule has 0 radical (unpaired) electrons. The highest BCUT2D eigenvalue weighted by Crippen LogP contribution is 2.25. The second-order valence-electron chi connectivity index (χ2n) is 5.39.